The molecule has 2 aliphatic heterocycles. The van der Waals surface area contributed by atoms with Gasteiger partial charge in [-0.05, 0) is 30.9 Å². The van der Waals surface area contributed by atoms with E-state index in [-0.39, 0.29) is 31.1 Å². The first kappa shape index (κ1) is 19.1. The molecule has 1 aliphatic carbocycles. The van der Waals surface area contributed by atoms with Crippen LogP contribution in [0.5, 0.6) is 11.5 Å². The van der Waals surface area contributed by atoms with Crippen molar-refractivity contribution >= 4 is 17.5 Å². The lowest BCUT2D eigenvalue weighted by atomic mass is 9.86. The summed E-state index contributed by atoms with van der Waals surface area (Å²) in [5.41, 5.74) is 0.658. The summed E-state index contributed by atoms with van der Waals surface area (Å²) in [6, 6.07) is 5.11. The third-order valence-electron chi connectivity index (χ3n) is 5.81. The number of carbonyl (C=O) groups excluding carboxylic acids is 2. The van der Waals surface area contributed by atoms with Crippen LogP contribution >= 0.6 is 0 Å². The van der Waals surface area contributed by atoms with E-state index in [0.29, 0.717) is 49.3 Å². The van der Waals surface area contributed by atoms with E-state index in [2.05, 4.69) is 5.32 Å². The third-order valence-corrected chi connectivity index (χ3v) is 5.81. The number of hydrogen-bond donors (Lipinski definition) is 1. The summed E-state index contributed by atoms with van der Waals surface area (Å²) in [5.74, 6) is 1.83. The molecular weight excluding hydrogens is 360 g/mol. The Morgan fingerprint density at radius 1 is 1.07 bits per heavy atom. The molecule has 0 unspecified atom stereocenters. The minimum atomic E-state index is -0.209. The number of amides is 2. The maximum absolute atomic E-state index is 12.9. The first-order valence-electron chi connectivity index (χ1n) is 10.3. The maximum Gasteiger partial charge on any atom is 0.231 e. The SMILES string of the molecule is O=C(C[C@@H]1COCCN1C(=O)CC1CCCCC1)Nc1ccc2c(c1)OCO2. The fourth-order valence-corrected chi connectivity index (χ4v) is 4.31. The largest absolute Gasteiger partial charge is 0.454 e. The molecule has 0 bridgehead atoms. The highest BCUT2D eigenvalue weighted by atomic mass is 16.7. The number of benzene rings is 1. The molecule has 1 saturated heterocycles. The van der Waals surface area contributed by atoms with Crippen LogP contribution in [0.2, 0.25) is 0 Å². The second-order valence-electron chi connectivity index (χ2n) is 7.84. The van der Waals surface area contributed by atoms with Gasteiger partial charge in [0.25, 0.3) is 0 Å². The van der Waals surface area contributed by atoms with E-state index in [1.807, 2.05) is 4.90 Å². The maximum atomic E-state index is 12.9. The van der Waals surface area contributed by atoms with Crippen molar-refractivity contribution in [2.24, 2.45) is 5.92 Å². The van der Waals surface area contributed by atoms with Crippen LogP contribution < -0.4 is 14.8 Å². The Bertz CT molecular complexity index is 717. The summed E-state index contributed by atoms with van der Waals surface area (Å²) < 4.78 is 16.2. The van der Waals surface area contributed by atoms with Gasteiger partial charge in [0, 0.05) is 31.1 Å². The number of hydrogen-bond acceptors (Lipinski definition) is 5. The Kier molecular flexibility index (Phi) is 6.00. The molecular formula is C21H28N2O5. The Balaban J connectivity index is 1.33. The zero-order chi connectivity index (χ0) is 19.3. The van der Waals surface area contributed by atoms with Crippen molar-refractivity contribution < 1.29 is 23.8 Å². The molecule has 0 radical (unpaired) electrons. The molecule has 1 aromatic carbocycles. The van der Waals surface area contributed by atoms with Crippen molar-refractivity contribution in [2.45, 2.75) is 51.0 Å². The minimum Gasteiger partial charge on any atom is -0.454 e. The lowest BCUT2D eigenvalue weighted by Crippen LogP contribution is -2.50. The fourth-order valence-electron chi connectivity index (χ4n) is 4.31. The van der Waals surface area contributed by atoms with Gasteiger partial charge in [-0.3, -0.25) is 9.59 Å². The summed E-state index contributed by atoms with van der Waals surface area (Å²) in [4.78, 5) is 27.3. The number of carbonyl (C=O) groups is 2. The van der Waals surface area contributed by atoms with E-state index in [0.717, 1.165) is 12.8 Å². The third kappa shape index (κ3) is 4.58. The lowest BCUT2D eigenvalue weighted by Gasteiger charge is -2.36. The molecule has 2 amide bonds. The monoisotopic (exact) mass is 388 g/mol. The standard InChI is InChI=1S/C21H28N2O5/c24-20(22-16-6-7-18-19(11-16)28-14-27-18)12-17-13-26-9-8-23(17)21(25)10-15-4-2-1-3-5-15/h6-7,11,15,17H,1-5,8-10,12-14H2,(H,22,24)/t17-/m1/s1. The molecule has 152 valence electrons. The van der Waals surface area contributed by atoms with E-state index in [9.17, 15) is 9.59 Å². The molecule has 7 heteroatoms. The van der Waals surface area contributed by atoms with Crippen LogP contribution in [0.3, 0.4) is 0 Å². The number of fused-ring (bicyclic) bond motifs is 1. The van der Waals surface area contributed by atoms with Crippen LogP contribution in [0.4, 0.5) is 5.69 Å². The van der Waals surface area contributed by atoms with Gasteiger partial charge in [-0.15, -0.1) is 0 Å². The van der Waals surface area contributed by atoms with Gasteiger partial charge in [0.2, 0.25) is 18.6 Å². The minimum absolute atomic E-state index is 0.134. The second kappa shape index (κ2) is 8.82. The number of ether oxygens (including phenoxy) is 3. The van der Waals surface area contributed by atoms with Crippen molar-refractivity contribution in [3.63, 3.8) is 0 Å². The molecule has 2 heterocycles. The molecule has 0 aromatic heterocycles. The molecule has 4 rings (SSSR count). The predicted molar refractivity (Wildman–Crippen MR) is 103 cm³/mol. The molecule has 1 aromatic rings. The summed E-state index contributed by atoms with van der Waals surface area (Å²) >= 11 is 0. The molecule has 0 spiro atoms. The Labute approximate surface area is 165 Å². The zero-order valence-corrected chi connectivity index (χ0v) is 16.2. The van der Waals surface area contributed by atoms with Crippen LogP contribution in [-0.4, -0.2) is 49.3 Å². The lowest BCUT2D eigenvalue weighted by molar-refractivity contribution is -0.142. The number of morpholine rings is 1. The van der Waals surface area contributed by atoms with E-state index in [1.54, 1.807) is 18.2 Å². The van der Waals surface area contributed by atoms with E-state index < -0.39 is 0 Å². The van der Waals surface area contributed by atoms with Gasteiger partial charge < -0.3 is 24.4 Å². The van der Waals surface area contributed by atoms with Crippen molar-refractivity contribution in [3.8, 4) is 11.5 Å². The van der Waals surface area contributed by atoms with Gasteiger partial charge in [0.05, 0.1) is 19.3 Å². The molecule has 1 atom stereocenters. The van der Waals surface area contributed by atoms with E-state index in [4.69, 9.17) is 14.2 Å². The average Bonchev–Trinajstić information content (AvgIpc) is 3.17. The van der Waals surface area contributed by atoms with E-state index in [1.165, 1.54) is 19.3 Å². The van der Waals surface area contributed by atoms with Gasteiger partial charge in [-0.25, -0.2) is 0 Å². The van der Waals surface area contributed by atoms with Gasteiger partial charge >= 0.3 is 0 Å². The van der Waals surface area contributed by atoms with Crippen LogP contribution in [-0.2, 0) is 14.3 Å². The Morgan fingerprint density at radius 3 is 2.75 bits per heavy atom. The Morgan fingerprint density at radius 2 is 1.89 bits per heavy atom. The first-order valence-corrected chi connectivity index (χ1v) is 10.3. The van der Waals surface area contributed by atoms with Gasteiger partial charge in [-0.2, -0.15) is 0 Å². The summed E-state index contributed by atoms with van der Waals surface area (Å²) in [6.45, 7) is 1.71. The van der Waals surface area contributed by atoms with Crippen molar-refractivity contribution in [1.29, 1.82) is 0 Å². The molecule has 7 nitrogen and oxygen atoms in total. The van der Waals surface area contributed by atoms with Crippen LogP contribution in [0, 0.1) is 5.92 Å². The molecule has 1 saturated carbocycles. The molecule has 3 aliphatic rings. The molecule has 2 fully saturated rings. The van der Waals surface area contributed by atoms with E-state index >= 15 is 0 Å². The van der Waals surface area contributed by atoms with Gasteiger partial charge in [-0.1, -0.05) is 19.3 Å². The van der Waals surface area contributed by atoms with Gasteiger partial charge in [0.15, 0.2) is 11.5 Å². The van der Waals surface area contributed by atoms with Crippen LogP contribution in [0.15, 0.2) is 18.2 Å². The van der Waals surface area contributed by atoms with Crippen LogP contribution in [0.1, 0.15) is 44.9 Å². The number of nitrogens with zero attached hydrogens (tertiary/aromatic N) is 1. The number of anilines is 1. The normalized spacial score (nSPS) is 22.1. The zero-order valence-electron chi connectivity index (χ0n) is 16.2. The molecule has 1 N–H and O–H groups in total. The van der Waals surface area contributed by atoms with Crippen molar-refractivity contribution in [3.05, 3.63) is 18.2 Å². The smallest absolute Gasteiger partial charge is 0.231 e. The van der Waals surface area contributed by atoms with Crippen LogP contribution in [0.25, 0.3) is 0 Å². The summed E-state index contributed by atoms with van der Waals surface area (Å²) in [6.07, 6.45) is 6.84. The summed E-state index contributed by atoms with van der Waals surface area (Å²) in [7, 11) is 0. The topological polar surface area (TPSA) is 77.1 Å². The quantitative estimate of drug-likeness (QED) is 0.839. The molecule has 28 heavy (non-hydrogen) atoms. The first-order chi connectivity index (χ1) is 13.7. The highest BCUT2D eigenvalue weighted by molar-refractivity contribution is 5.92. The second-order valence-corrected chi connectivity index (χ2v) is 7.84. The van der Waals surface area contributed by atoms with Crippen molar-refractivity contribution in [1.82, 2.24) is 4.90 Å². The predicted octanol–water partition coefficient (Wildman–Crippen LogP) is 2.94. The average molecular weight is 388 g/mol. The highest BCUT2D eigenvalue weighted by Gasteiger charge is 2.30. The fraction of sp³-hybridized carbons (Fsp3) is 0.619. The van der Waals surface area contributed by atoms with Crippen molar-refractivity contribution in [2.75, 3.05) is 31.9 Å². The summed E-state index contributed by atoms with van der Waals surface area (Å²) in [5, 5.41) is 2.89. The highest BCUT2D eigenvalue weighted by Crippen LogP contribution is 2.34. The number of nitrogens with one attached hydrogen (secondary N) is 1. The number of rotatable bonds is 5. The van der Waals surface area contributed by atoms with Gasteiger partial charge in [0.1, 0.15) is 0 Å². The Hall–Kier alpha value is -2.28.